The van der Waals surface area contributed by atoms with E-state index in [1.807, 2.05) is 0 Å². The molecule has 1 aromatic carbocycles. The van der Waals surface area contributed by atoms with Crippen LogP contribution in [0.3, 0.4) is 0 Å². The first-order valence-electron chi connectivity index (χ1n) is 9.10. The number of aliphatic hydroxyl groups excluding tert-OH is 1. The van der Waals surface area contributed by atoms with E-state index in [2.05, 4.69) is 5.32 Å². The smallest absolute Gasteiger partial charge is 0.243 e. The molecule has 2 N–H and O–H groups in total. The lowest BCUT2D eigenvalue weighted by Gasteiger charge is -2.33. The molecule has 1 atom stereocenters. The van der Waals surface area contributed by atoms with E-state index in [1.165, 1.54) is 16.4 Å². The number of nitrogens with zero attached hydrogens (tertiary/aromatic N) is 1. The van der Waals surface area contributed by atoms with Crippen LogP contribution in [0.2, 0.25) is 5.02 Å². The Bertz CT molecular complexity index is 747. The Morgan fingerprint density at radius 1 is 1.19 bits per heavy atom. The molecule has 1 aliphatic heterocycles. The molecule has 0 spiro atoms. The minimum atomic E-state index is -3.66. The first kappa shape index (κ1) is 19.6. The van der Waals surface area contributed by atoms with E-state index in [4.69, 9.17) is 11.6 Å². The van der Waals surface area contributed by atoms with E-state index in [-0.39, 0.29) is 35.4 Å². The highest BCUT2D eigenvalue weighted by molar-refractivity contribution is 7.89. The SMILES string of the molecule is O=C(N[C@H]1CC[C@H](O)CC1)[C@H]1CCCN(S(=O)(=O)c2cccc(Cl)c2)C1. The third-order valence-corrected chi connectivity index (χ3v) is 7.33. The van der Waals surface area contributed by atoms with Crippen LogP contribution in [0, 0.1) is 5.92 Å². The number of hydrogen-bond acceptors (Lipinski definition) is 4. The van der Waals surface area contributed by atoms with Gasteiger partial charge in [-0.1, -0.05) is 17.7 Å². The molecule has 3 rings (SSSR count). The molecule has 8 heteroatoms. The molecule has 6 nitrogen and oxygen atoms in total. The van der Waals surface area contributed by atoms with Crippen molar-refractivity contribution < 1.29 is 18.3 Å². The van der Waals surface area contributed by atoms with Crippen LogP contribution in [0.4, 0.5) is 0 Å². The summed E-state index contributed by atoms with van der Waals surface area (Å²) in [6.45, 7) is 0.601. The van der Waals surface area contributed by atoms with E-state index in [0.29, 0.717) is 37.3 Å². The van der Waals surface area contributed by atoms with Gasteiger partial charge in [-0.25, -0.2) is 8.42 Å². The van der Waals surface area contributed by atoms with Crippen LogP contribution in [-0.4, -0.2) is 49.0 Å². The van der Waals surface area contributed by atoms with Crippen molar-refractivity contribution in [2.45, 2.75) is 55.6 Å². The summed E-state index contributed by atoms with van der Waals surface area (Å²) in [5.41, 5.74) is 0. The van der Waals surface area contributed by atoms with Crippen molar-refractivity contribution in [2.24, 2.45) is 5.92 Å². The van der Waals surface area contributed by atoms with Crippen molar-refractivity contribution in [1.29, 1.82) is 0 Å². The second kappa shape index (κ2) is 8.25. The van der Waals surface area contributed by atoms with Gasteiger partial charge in [-0.05, 0) is 56.7 Å². The maximum absolute atomic E-state index is 12.8. The summed E-state index contributed by atoms with van der Waals surface area (Å²) in [7, 11) is -3.66. The van der Waals surface area contributed by atoms with Crippen LogP contribution in [0.15, 0.2) is 29.2 Å². The van der Waals surface area contributed by atoms with Gasteiger partial charge in [-0.3, -0.25) is 4.79 Å². The van der Waals surface area contributed by atoms with Gasteiger partial charge in [0, 0.05) is 24.2 Å². The first-order chi connectivity index (χ1) is 12.4. The standard InChI is InChI=1S/C18H25ClN2O4S/c19-14-4-1-5-17(11-14)26(24,25)21-10-2-3-13(12-21)18(23)20-15-6-8-16(22)9-7-15/h1,4-5,11,13,15-16,22H,2-3,6-10,12H2,(H,20,23)/t13-,15-,16-/m0/s1. The Kier molecular flexibility index (Phi) is 6.22. The maximum atomic E-state index is 12.8. The van der Waals surface area contributed by atoms with Crippen molar-refractivity contribution in [3.05, 3.63) is 29.3 Å². The number of rotatable bonds is 4. The second-order valence-electron chi connectivity index (χ2n) is 7.17. The van der Waals surface area contributed by atoms with Gasteiger partial charge >= 0.3 is 0 Å². The van der Waals surface area contributed by atoms with Gasteiger partial charge in [-0.15, -0.1) is 0 Å². The number of nitrogens with one attached hydrogen (secondary N) is 1. The Morgan fingerprint density at radius 3 is 2.62 bits per heavy atom. The molecule has 1 saturated carbocycles. The van der Waals surface area contributed by atoms with Crippen LogP contribution in [0.5, 0.6) is 0 Å². The van der Waals surface area contributed by atoms with Crippen LogP contribution in [0.1, 0.15) is 38.5 Å². The number of sulfonamides is 1. The van der Waals surface area contributed by atoms with Gasteiger partial charge in [0.05, 0.1) is 16.9 Å². The van der Waals surface area contributed by atoms with Crippen molar-refractivity contribution in [2.75, 3.05) is 13.1 Å². The van der Waals surface area contributed by atoms with Crippen molar-refractivity contribution in [3.63, 3.8) is 0 Å². The summed E-state index contributed by atoms with van der Waals surface area (Å²) in [6.07, 6.45) is 4.00. The molecule has 0 aromatic heterocycles. The van der Waals surface area contributed by atoms with Crippen molar-refractivity contribution in [1.82, 2.24) is 9.62 Å². The molecule has 144 valence electrons. The molecule has 2 aliphatic rings. The molecule has 1 amide bonds. The summed E-state index contributed by atoms with van der Waals surface area (Å²) >= 11 is 5.92. The molecule has 26 heavy (non-hydrogen) atoms. The summed E-state index contributed by atoms with van der Waals surface area (Å²) < 4.78 is 27.1. The molecule has 2 fully saturated rings. The predicted octanol–water partition coefficient (Wildman–Crippen LogP) is 2.16. The molecule has 0 bridgehead atoms. The second-order valence-corrected chi connectivity index (χ2v) is 9.55. The van der Waals surface area contributed by atoms with Gasteiger partial charge in [0.15, 0.2) is 0 Å². The average molecular weight is 401 g/mol. The van der Waals surface area contributed by atoms with Gasteiger partial charge in [-0.2, -0.15) is 4.31 Å². The maximum Gasteiger partial charge on any atom is 0.243 e. The normalized spacial score (nSPS) is 27.8. The fraction of sp³-hybridized carbons (Fsp3) is 0.611. The molecule has 1 heterocycles. The number of hydrogen-bond donors (Lipinski definition) is 2. The van der Waals surface area contributed by atoms with Gasteiger partial charge < -0.3 is 10.4 Å². The third-order valence-electron chi connectivity index (χ3n) is 5.23. The number of halogens is 1. The quantitative estimate of drug-likeness (QED) is 0.810. The first-order valence-corrected chi connectivity index (χ1v) is 10.9. The Hall–Kier alpha value is -1.15. The van der Waals surface area contributed by atoms with E-state index in [9.17, 15) is 18.3 Å². The minimum absolute atomic E-state index is 0.0748. The lowest BCUT2D eigenvalue weighted by Crippen LogP contribution is -2.48. The van der Waals surface area contributed by atoms with E-state index >= 15 is 0 Å². The lowest BCUT2D eigenvalue weighted by atomic mass is 9.92. The summed E-state index contributed by atoms with van der Waals surface area (Å²) in [5.74, 6) is -0.429. The number of carbonyl (C=O) groups is 1. The van der Waals surface area contributed by atoms with E-state index in [0.717, 1.165) is 12.8 Å². The zero-order valence-corrected chi connectivity index (χ0v) is 16.2. The zero-order chi connectivity index (χ0) is 18.7. The summed E-state index contributed by atoms with van der Waals surface area (Å²) in [5, 5.41) is 13.0. The molecule has 0 unspecified atom stereocenters. The highest BCUT2D eigenvalue weighted by atomic mass is 35.5. The Balaban J connectivity index is 1.64. The topological polar surface area (TPSA) is 86.7 Å². The fourth-order valence-corrected chi connectivity index (χ4v) is 5.52. The summed E-state index contributed by atoms with van der Waals surface area (Å²) in [4.78, 5) is 12.8. The third kappa shape index (κ3) is 4.57. The molecule has 1 aromatic rings. The van der Waals surface area contributed by atoms with Crippen molar-refractivity contribution in [3.8, 4) is 0 Å². The highest BCUT2D eigenvalue weighted by Gasteiger charge is 2.34. The van der Waals surface area contributed by atoms with Gasteiger partial charge in [0.1, 0.15) is 0 Å². The largest absolute Gasteiger partial charge is 0.393 e. The number of piperidine rings is 1. The van der Waals surface area contributed by atoms with Crippen LogP contribution >= 0.6 is 11.6 Å². The highest BCUT2D eigenvalue weighted by Crippen LogP contribution is 2.26. The minimum Gasteiger partial charge on any atom is -0.393 e. The predicted molar refractivity (Wildman–Crippen MR) is 99.3 cm³/mol. The van der Waals surface area contributed by atoms with E-state index < -0.39 is 10.0 Å². The fourth-order valence-electron chi connectivity index (χ4n) is 3.69. The van der Waals surface area contributed by atoms with Gasteiger partial charge in [0.25, 0.3) is 0 Å². The lowest BCUT2D eigenvalue weighted by molar-refractivity contribution is -0.127. The molecular weight excluding hydrogens is 376 g/mol. The monoisotopic (exact) mass is 400 g/mol. The molecule has 1 saturated heterocycles. The number of amides is 1. The molecule has 0 radical (unpaired) electrons. The molecule has 1 aliphatic carbocycles. The number of aliphatic hydroxyl groups is 1. The molecular formula is C18H25ClN2O4S. The van der Waals surface area contributed by atoms with E-state index in [1.54, 1.807) is 12.1 Å². The van der Waals surface area contributed by atoms with Gasteiger partial charge in [0.2, 0.25) is 15.9 Å². The average Bonchev–Trinajstić information content (AvgIpc) is 2.63. The Morgan fingerprint density at radius 2 is 1.92 bits per heavy atom. The Labute approximate surface area is 159 Å². The summed E-state index contributed by atoms with van der Waals surface area (Å²) in [6, 6.07) is 6.28. The number of benzene rings is 1. The number of carbonyl (C=O) groups excluding carboxylic acids is 1. The van der Waals surface area contributed by atoms with Crippen LogP contribution in [0.25, 0.3) is 0 Å². The zero-order valence-electron chi connectivity index (χ0n) is 14.6. The van der Waals surface area contributed by atoms with Crippen LogP contribution in [-0.2, 0) is 14.8 Å². The van der Waals surface area contributed by atoms with Crippen LogP contribution < -0.4 is 5.32 Å². The van der Waals surface area contributed by atoms with Crippen molar-refractivity contribution >= 4 is 27.5 Å².